The number of nitrogens with two attached hydrogens (primary N) is 1. The molecule has 4 heterocycles. The summed E-state index contributed by atoms with van der Waals surface area (Å²) in [5.41, 5.74) is 12.9. The molecule has 5 rings (SSSR count). The van der Waals surface area contributed by atoms with Gasteiger partial charge in [0, 0.05) is 35.5 Å². The summed E-state index contributed by atoms with van der Waals surface area (Å²) in [5, 5.41) is 21.4. The molecule has 0 radical (unpaired) electrons. The quantitative estimate of drug-likeness (QED) is 0.156. The van der Waals surface area contributed by atoms with Crippen molar-refractivity contribution in [3.63, 3.8) is 0 Å². The van der Waals surface area contributed by atoms with Crippen molar-refractivity contribution in [2.24, 2.45) is 0 Å². The molecule has 46 heavy (non-hydrogen) atoms. The second-order valence-electron chi connectivity index (χ2n) is 12.1. The molecule has 0 aliphatic carbocycles. The second-order valence-corrected chi connectivity index (χ2v) is 13.7. The lowest BCUT2D eigenvalue weighted by molar-refractivity contribution is 0.135. The van der Waals surface area contributed by atoms with Crippen LogP contribution in [0.5, 0.6) is 0 Å². The average Bonchev–Trinajstić information content (AvgIpc) is 3.85. The molecule has 0 saturated carbocycles. The lowest BCUT2D eigenvalue weighted by atomic mass is 9.85. The normalized spacial score (nSPS) is 15.8. The number of hydrogen-bond acceptors (Lipinski definition) is 8. The van der Waals surface area contributed by atoms with Crippen LogP contribution in [-0.2, 0) is 18.0 Å². The number of nitrogens with zero attached hydrogens (tertiary/aromatic N) is 4. The van der Waals surface area contributed by atoms with Gasteiger partial charge < -0.3 is 20.5 Å². The number of fused-ring (bicyclic) bond motifs is 3. The zero-order valence-electron chi connectivity index (χ0n) is 28.0. The Labute approximate surface area is 280 Å². The van der Waals surface area contributed by atoms with E-state index in [0.29, 0.717) is 34.2 Å². The number of unbranched alkanes of at least 4 members (excludes halogenated alkanes) is 3. The van der Waals surface area contributed by atoms with Gasteiger partial charge in [-0.2, -0.15) is 5.26 Å². The van der Waals surface area contributed by atoms with E-state index < -0.39 is 0 Å². The predicted octanol–water partition coefficient (Wildman–Crippen LogP) is 8.57. The van der Waals surface area contributed by atoms with Crippen molar-refractivity contribution in [2.45, 2.75) is 112 Å². The smallest absolute Gasteiger partial charge is 0.225 e. The number of nitriles is 1. The summed E-state index contributed by atoms with van der Waals surface area (Å²) < 4.78 is 21.1. The first-order chi connectivity index (χ1) is 22.2. The first-order valence-electron chi connectivity index (χ1n) is 16.7. The summed E-state index contributed by atoms with van der Waals surface area (Å²) in [6.07, 6.45) is 13.3. The third kappa shape index (κ3) is 7.63. The molecule has 0 bridgehead atoms. The lowest BCUT2D eigenvalue weighted by Crippen LogP contribution is -2.21. The predicted molar refractivity (Wildman–Crippen MR) is 194 cm³/mol. The highest BCUT2D eigenvalue weighted by atomic mass is 32.1. The van der Waals surface area contributed by atoms with Gasteiger partial charge >= 0.3 is 0 Å². The summed E-state index contributed by atoms with van der Waals surface area (Å²) in [7, 11) is 2.87. The van der Waals surface area contributed by atoms with Crippen molar-refractivity contribution >= 4 is 59.1 Å². The first-order valence-corrected chi connectivity index (χ1v) is 18.1. The Morgan fingerprint density at radius 3 is 2.54 bits per heavy atom. The maximum absolute atomic E-state index is 15.2. The molecule has 2 atom stereocenters. The summed E-state index contributed by atoms with van der Waals surface area (Å²) >= 11 is 1.12. The van der Waals surface area contributed by atoms with Crippen molar-refractivity contribution in [3.8, 4) is 6.07 Å². The van der Waals surface area contributed by atoms with Gasteiger partial charge in [0.15, 0.2) is 0 Å². The van der Waals surface area contributed by atoms with Gasteiger partial charge in [-0.05, 0) is 68.2 Å². The second kappa shape index (κ2) is 16.8. The third-order valence-electron chi connectivity index (χ3n) is 9.01. The number of anilines is 2. The van der Waals surface area contributed by atoms with Crippen molar-refractivity contribution in [1.82, 2.24) is 9.97 Å². The van der Waals surface area contributed by atoms with Crippen LogP contribution in [0.3, 0.4) is 0 Å². The molecule has 3 aromatic rings. The fourth-order valence-corrected chi connectivity index (χ4v) is 7.69. The van der Waals surface area contributed by atoms with E-state index in [4.69, 9.17) is 25.5 Å². The van der Waals surface area contributed by atoms with E-state index in [-0.39, 0.29) is 11.9 Å². The Kier molecular flexibility index (Phi) is 13.1. The number of nitrogen functional groups attached to an aromatic ring is 1. The summed E-state index contributed by atoms with van der Waals surface area (Å²) in [6.45, 7) is 12.8. The topological polar surface area (TPSA) is 108 Å². The zero-order valence-corrected chi connectivity index (χ0v) is 30.0. The fourth-order valence-electron chi connectivity index (χ4n) is 6.16. The van der Waals surface area contributed by atoms with Crippen LogP contribution in [0.1, 0.15) is 125 Å². The molecular formula is C36H49FN5O2PS. The number of rotatable bonds is 11. The van der Waals surface area contributed by atoms with Gasteiger partial charge in [0.05, 0.1) is 35.3 Å². The Hall–Kier alpha value is -2.89. The number of allylic oxidation sites excluding steroid dienone is 2. The number of aromatic nitrogens is 2. The number of thiophene rings is 1. The SMILES string of the molecule is C/C=C(/F)c1sc(N)c(C#N)c1/C(=C(\C)CC)c1c2c(c3cnc(N4CCCC4)nc3c1P)COC2.CCCCCCC(O)CC. The van der Waals surface area contributed by atoms with E-state index >= 15 is 4.39 Å². The van der Waals surface area contributed by atoms with Crippen LogP contribution in [0, 0.1) is 11.3 Å². The van der Waals surface area contributed by atoms with Gasteiger partial charge in [-0.3, -0.25) is 0 Å². The molecule has 0 amide bonds. The van der Waals surface area contributed by atoms with Crippen molar-refractivity contribution < 1.29 is 14.2 Å². The number of benzene rings is 1. The molecule has 1 saturated heterocycles. The van der Waals surface area contributed by atoms with Gasteiger partial charge in [-0.15, -0.1) is 20.6 Å². The Morgan fingerprint density at radius 1 is 1.20 bits per heavy atom. The van der Waals surface area contributed by atoms with Gasteiger partial charge in [0.2, 0.25) is 5.95 Å². The Bertz CT molecular complexity index is 1640. The van der Waals surface area contributed by atoms with Crippen LogP contribution in [0.15, 0.2) is 17.8 Å². The van der Waals surface area contributed by atoms with Crippen LogP contribution in [0.25, 0.3) is 22.3 Å². The van der Waals surface area contributed by atoms with Crippen molar-refractivity contribution in [3.05, 3.63) is 50.5 Å². The maximum Gasteiger partial charge on any atom is 0.225 e. The van der Waals surface area contributed by atoms with E-state index in [9.17, 15) is 5.26 Å². The lowest BCUT2D eigenvalue weighted by Gasteiger charge is -2.22. The highest BCUT2D eigenvalue weighted by Crippen LogP contribution is 2.46. The molecule has 248 valence electrons. The highest BCUT2D eigenvalue weighted by Gasteiger charge is 2.31. The molecule has 0 spiro atoms. The minimum absolute atomic E-state index is 0.0446. The van der Waals surface area contributed by atoms with Crippen LogP contribution in [-0.4, -0.2) is 34.3 Å². The maximum atomic E-state index is 15.2. The largest absolute Gasteiger partial charge is 0.393 e. The first kappa shape index (κ1) is 36.0. The average molecular weight is 666 g/mol. The van der Waals surface area contributed by atoms with E-state index in [2.05, 4.69) is 34.1 Å². The number of ether oxygens (including phenoxy) is 1. The van der Waals surface area contributed by atoms with Crippen molar-refractivity contribution in [1.29, 1.82) is 5.26 Å². The van der Waals surface area contributed by atoms with Crippen LogP contribution in [0.2, 0.25) is 0 Å². The molecule has 1 aromatic carbocycles. The number of halogens is 1. The van der Waals surface area contributed by atoms with Crippen LogP contribution >= 0.6 is 20.6 Å². The standard InChI is InChI=1S/C27H29FN5OPS.C9H20O/c1-4-14(3)20(22-15(10-29)26(30)36-25(22)19(28)5-2)21-18-13-34-12-17(18)16-11-31-27(32-23(16)24(21)35)33-8-6-7-9-33;1-3-5-6-7-8-9(10)4-2/h5,11H,4,6-9,12-13,30,35H2,1-3H3;9-10H,3-8H2,1-2H3/b19-5+,20-14+;. The Morgan fingerprint density at radius 2 is 1.91 bits per heavy atom. The number of hydrogen-bond donors (Lipinski definition) is 2. The summed E-state index contributed by atoms with van der Waals surface area (Å²) in [6, 6.07) is 2.25. The minimum Gasteiger partial charge on any atom is -0.393 e. The summed E-state index contributed by atoms with van der Waals surface area (Å²) in [5.74, 6) is 0.339. The van der Waals surface area contributed by atoms with Crippen LogP contribution < -0.4 is 15.9 Å². The molecule has 7 nitrogen and oxygen atoms in total. The highest BCUT2D eigenvalue weighted by molar-refractivity contribution is 7.28. The summed E-state index contributed by atoms with van der Waals surface area (Å²) in [4.78, 5) is 12.3. The minimum atomic E-state index is -0.387. The van der Waals surface area contributed by atoms with Gasteiger partial charge in [0.25, 0.3) is 0 Å². The molecule has 10 heteroatoms. The molecule has 2 aliphatic heterocycles. The van der Waals surface area contributed by atoms with E-state index in [1.54, 1.807) is 6.92 Å². The van der Waals surface area contributed by atoms with Crippen LogP contribution in [0.4, 0.5) is 15.3 Å². The number of aliphatic hydroxyl groups is 1. The molecule has 1 fully saturated rings. The monoisotopic (exact) mass is 665 g/mol. The third-order valence-corrected chi connectivity index (χ3v) is 10.6. The van der Waals surface area contributed by atoms with Gasteiger partial charge in [-0.1, -0.05) is 58.1 Å². The van der Waals surface area contributed by atoms with E-state index in [0.717, 1.165) is 107 Å². The Balaban J connectivity index is 0.000000416. The van der Waals surface area contributed by atoms with E-state index in [1.165, 1.54) is 31.8 Å². The fraction of sp³-hybridized carbons (Fsp3) is 0.528. The van der Waals surface area contributed by atoms with E-state index in [1.807, 2.05) is 20.0 Å². The van der Waals surface area contributed by atoms with Crippen molar-refractivity contribution in [2.75, 3.05) is 23.7 Å². The zero-order chi connectivity index (χ0) is 33.4. The number of aliphatic hydroxyl groups excluding tert-OH is 1. The molecule has 2 unspecified atom stereocenters. The molecule has 2 aromatic heterocycles. The molecular weight excluding hydrogens is 616 g/mol. The van der Waals surface area contributed by atoms with Gasteiger partial charge in [-0.25, -0.2) is 14.4 Å². The molecule has 3 N–H and O–H groups in total. The van der Waals surface area contributed by atoms with Gasteiger partial charge in [0.1, 0.15) is 16.9 Å². The molecule has 2 aliphatic rings.